The second kappa shape index (κ2) is 9.27. The summed E-state index contributed by atoms with van der Waals surface area (Å²) in [5.41, 5.74) is 1.97. The van der Waals surface area contributed by atoms with Crippen LogP contribution in [0.2, 0.25) is 0 Å². The second-order valence-corrected chi connectivity index (χ2v) is 8.61. The van der Waals surface area contributed by atoms with E-state index in [0.29, 0.717) is 36.6 Å². The molecule has 0 spiro atoms. The minimum atomic E-state index is -3.54. The van der Waals surface area contributed by atoms with E-state index in [1.165, 1.54) is 4.31 Å². The normalized spacial score (nSPS) is 11.7. The largest absolute Gasteiger partial charge is 0.495 e. The van der Waals surface area contributed by atoms with E-state index in [9.17, 15) is 13.2 Å². The van der Waals surface area contributed by atoms with Crippen molar-refractivity contribution in [3.63, 3.8) is 0 Å². The highest BCUT2D eigenvalue weighted by Gasteiger charge is 2.22. The Bertz CT molecular complexity index is 1140. The number of carbonyl (C=O) groups excluding carboxylic acids is 1. The molecular formula is C21H26N4O4S. The SMILES string of the molecule is CCN(CC)S(=O)(=O)c1ccc2c(c1)ncn2CCC(=O)Nc1ccccc1OC. The van der Waals surface area contributed by atoms with Crippen molar-refractivity contribution in [3.8, 4) is 5.75 Å². The van der Waals surface area contributed by atoms with Gasteiger partial charge in [-0.2, -0.15) is 4.31 Å². The van der Waals surface area contributed by atoms with Gasteiger partial charge in [-0.1, -0.05) is 26.0 Å². The molecule has 3 aromatic rings. The number of ether oxygens (including phenoxy) is 1. The van der Waals surface area contributed by atoms with Gasteiger partial charge in [0, 0.05) is 26.1 Å². The fourth-order valence-electron chi connectivity index (χ4n) is 3.28. The van der Waals surface area contributed by atoms with Gasteiger partial charge in [-0.25, -0.2) is 13.4 Å². The fourth-order valence-corrected chi connectivity index (χ4v) is 4.76. The lowest BCUT2D eigenvalue weighted by Crippen LogP contribution is -2.30. The van der Waals surface area contributed by atoms with Gasteiger partial charge in [0.05, 0.1) is 35.1 Å². The molecule has 0 aliphatic heterocycles. The minimum Gasteiger partial charge on any atom is -0.495 e. The van der Waals surface area contributed by atoms with Gasteiger partial charge in [0.15, 0.2) is 0 Å². The zero-order chi connectivity index (χ0) is 21.7. The Balaban J connectivity index is 1.73. The van der Waals surface area contributed by atoms with E-state index in [2.05, 4.69) is 10.3 Å². The molecule has 0 atom stereocenters. The monoisotopic (exact) mass is 430 g/mol. The fraction of sp³-hybridized carbons (Fsp3) is 0.333. The van der Waals surface area contributed by atoms with E-state index < -0.39 is 10.0 Å². The number of rotatable bonds is 9. The summed E-state index contributed by atoms with van der Waals surface area (Å²) >= 11 is 0. The Morgan fingerprint density at radius 3 is 2.60 bits per heavy atom. The lowest BCUT2D eigenvalue weighted by atomic mass is 10.2. The number of carbonyl (C=O) groups is 1. The molecule has 0 unspecified atom stereocenters. The third kappa shape index (κ3) is 4.47. The van der Waals surface area contributed by atoms with Gasteiger partial charge in [0.2, 0.25) is 15.9 Å². The molecule has 1 amide bonds. The number of para-hydroxylation sites is 2. The van der Waals surface area contributed by atoms with Gasteiger partial charge in [-0.15, -0.1) is 0 Å². The molecular weight excluding hydrogens is 404 g/mol. The molecule has 0 radical (unpaired) electrons. The molecule has 0 bridgehead atoms. The zero-order valence-electron chi connectivity index (χ0n) is 17.3. The molecule has 3 rings (SSSR count). The molecule has 0 aliphatic carbocycles. The predicted molar refractivity (Wildman–Crippen MR) is 116 cm³/mol. The maximum absolute atomic E-state index is 12.7. The average Bonchev–Trinajstić information content (AvgIpc) is 3.15. The lowest BCUT2D eigenvalue weighted by Gasteiger charge is -2.18. The quantitative estimate of drug-likeness (QED) is 0.563. The third-order valence-corrected chi connectivity index (χ3v) is 6.94. The van der Waals surface area contributed by atoms with Crippen molar-refractivity contribution in [1.82, 2.24) is 13.9 Å². The van der Waals surface area contributed by atoms with Gasteiger partial charge < -0.3 is 14.6 Å². The molecule has 8 nitrogen and oxygen atoms in total. The molecule has 1 heterocycles. The molecule has 0 fully saturated rings. The number of nitrogens with zero attached hydrogens (tertiary/aromatic N) is 3. The van der Waals surface area contributed by atoms with Crippen LogP contribution in [0.4, 0.5) is 5.69 Å². The van der Waals surface area contributed by atoms with Crippen molar-refractivity contribution >= 4 is 32.7 Å². The highest BCUT2D eigenvalue weighted by atomic mass is 32.2. The summed E-state index contributed by atoms with van der Waals surface area (Å²) in [6, 6.07) is 12.1. The Labute approximate surface area is 176 Å². The standard InChI is InChI=1S/C21H26N4O4S/c1-4-25(5-2)30(27,28)16-10-11-19-18(14-16)22-15-24(19)13-12-21(26)23-17-8-6-7-9-20(17)29-3/h6-11,14-15H,4-5,12-13H2,1-3H3,(H,23,26). The second-order valence-electron chi connectivity index (χ2n) is 6.68. The topological polar surface area (TPSA) is 93.5 Å². The Kier molecular flexibility index (Phi) is 6.73. The first kappa shape index (κ1) is 21.8. The molecule has 9 heteroatoms. The summed E-state index contributed by atoms with van der Waals surface area (Å²) in [7, 11) is -1.99. The summed E-state index contributed by atoms with van der Waals surface area (Å²) in [6.45, 7) is 4.85. The smallest absolute Gasteiger partial charge is 0.243 e. The number of amides is 1. The highest BCUT2D eigenvalue weighted by Crippen LogP contribution is 2.24. The van der Waals surface area contributed by atoms with E-state index in [-0.39, 0.29) is 17.2 Å². The van der Waals surface area contributed by atoms with Crippen LogP contribution in [-0.4, -0.2) is 48.4 Å². The number of sulfonamides is 1. The van der Waals surface area contributed by atoms with Crippen molar-refractivity contribution in [2.75, 3.05) is 25.5 Å². The number of imidazole rings is 1. The van der Waals surface area contributed by atoms with Gasteiger partial charge in [-0.3, -0.25) is 4.79 Å². The summed E-state index contributed by atoms with van der Waals surface area (Å²) in [5.74, 6) is 0.447. The lowest BCUT2D eigenvalue weighted by molar-refractivity contribution is -0.116. The van der Waals surface area contributed by atoms with Crippen LogP contribution in [0.3, 0.4) is 0 Å². The van der Waals surface area contributed by atoms with Gasteiger partial charge in [0.1, 0.15) is 5.75 Å². The summed E-state index contributed by atoms with van der Waals surface area (Å²) < 4.78 is 33.9. The molecule has 0 saturated heterocycles. The van der Waals surface area contributed by atoms with Crippen molar-refractivity contribution < 1.29 is 17.9 Å². The van der Waals surface area contributed by atoms with Gasteiger partial charge in [-0.05, 0) is 30.3 Å². The number of nitrogens with one attached hydrogen (secondary N) is 1. The molecule has 160 valence electrons. The first-order valence-corrected chi connectivity index (χ1v) is 11.2. The molecule has 0 saturated carbocycles. The van der Waals surface area contributed by atoms with Crippen LogP contribution in [0.1, 0.15) is 20.3 Å². The van der Waals surface area contributed by atoms with Gasteiger partial charge >= 0.3 is 0 Å². The number of benzene rings is 2. The Morgan fingerprint density at radius 2 is 1.90 bits per heavy atom. The molecule has 30 heavy (non-hydrogen) atoms. The number of methoxy groups -OCH3 is 1. The number of hydrogen-bond donors (Lipinski definition) is 1. The summed E-state index contributed by atoms with van der Waals surface area (Å²) in [5, 5.41) is 2.84. The summed E-state index contributed by atoms with van der Waals surface area (Å²) in [6.07, 6.45) is 1.86. The number of aromatic nitrogens is 2. The van der Waals surface area contributed by atoms with Crippen LogP contribution < -0.4 is 10.1 Å². The number of hydrogen-bond acceptors (Lipinski definition) is 5. The third-order valence-electron chi connectivity index (χ3n) is 4.90. The molecule has 2 aromatic carbocycles. The maximum atomic E-state index is 12.7. The van der Waals surface area contributed by atoms with Crippen LogP contribution >= 0.6 is 0 Å². The van der Waals surface area contributed by atoms with Crippen molar-refractivity contribution in [2.24, 2.45) is 0 Å². The Morgan fingerprint density at radius 1 is 1.17 bits per heavy atom. The Hall–Kier alpha value is -2.91. The highest BCUT2D eigenvalue weighted by molar-refractivity contribution is 7.89. The van der Waals surface area contributed by atoms with E-state index in [1.807, 2.05) is 30.5 Å². The minimum absolute atomic E-state index is 0.151. The molecule has 1 aromatic heterocycles. The van der Waals surface area contributed by atoms with Crippen molar-refractivity contribution in [2.45, 2.75) is 31.7 Å². The first-order valence-electron chi connectivity index (χ1n) is 9.78. The molecule has 1 N–H and O–H groups in total. The number of fused-ring (bicyclic) bond motifs is 1. The van der Waals surface area contributed by atoms with E-state index in [0.717, 1.165) is 5.52 Å². The number of aryl methyl sites for hydroxylation is 1. The van der Waals surface area contributed by atoms with Crippen molar-refractivity contribution in [3.05, 3.63) is 48.8 Å². The van der Waals surface area contributed by atoms with Crippen LogP contribution in [0.5, 0.6) is 5.75 Å². The summed E-state index contributed by atoms with van der Waals surface area (Å²) in [4.78, 5) is 16.9. The zero-order valence-corrected chi connectivity index (χ0v) is 18.1. The van der Waals surface area contributed by atoms with E-state index >= 15 is 0 Å². The average molecular weight is 431 g/mol. The predicted octanol–water partition coefficient (Wildman–Crippen LogP) is 3.10. The molecule has 0 aliphatic rings. The van der Waals surface area contributed by atoms with Crippen LogP contribution in [0.25, 0.3) is 11.0 Å². The van der Waals surface area contributed by atoms with Crippen LogP contribution in [-0.2, 0) is 21.4 Å². The van der Waals surface area contributed by atoms with Crippen LogP contribution in [0, 0.1) is 0 Å². The van der Waals surface area contributed by atoms with Crippen LogP contribution in [0.15, 0.2) is 53.7 Å². The van der Waals surface area contributed by atoms with E-state index in [4.69, 9.17) is 4.74 Å². The van der Waals surface area contributed by atoms with Gasteiger partial charge in [0.25, 0.3) is 0 Å². The first-order chi connectivity index (χ1) is 14.4. The van der Waals surface area contributed by atoms with Crippen molar-refractivity contribution in [1.29, 1.82) is 0 Å². The maximum Gasteiger partial charge on any atom is 0.243 e. The number of anilines is 1. The van der Waals surface area contributed by atoms with E-state index in [1.54, 1.807) is 43.8 Å².